The molecular weight excluding hydrogens is 284 g/mol. The fraction of sp³-hybridized carbons (Fsp3) is 0.167. The second-order valence-electron chi connectivity index (χ2n) is 2.03. The van der Waals surface area contributed by atoms with Gasteiger partial charge in [-0.3, -0.25) is 4.98 Å². The van der Waals surface area contributed by atoms with Crippen molar-refractivity contribution in [2.24, 2.45) is 0 Å². The summed E-state index contributed by atoms with van der Waals surface area (Å²) in [7, 11) is 0. The topological polar surface area (TPSA) is 38.9 Å². The SMILES string of the molecule is Nc1cnc(C(F)F)c(I)c1F. The van der Waals surface area contributed by atoms with Gasteiger partial charge in [-0.15, -0.1) is 0 Å². The van der Waals surface area contributed by atoms with E-state index in [4.69, 9.17) is 5.73 Å². The van der Waals surface area contributed by atoms with Crippen LogP contribution in [0, 0.1) is 9.39 Å². The highest BCUT2D eigenvalue weighted by atomic mass is 127. The lowest BCUT2D eigenvalue weighted by molar-refractivity contribution is 0.144. The molecule has 0 radical (unpaired) electrons. The Bertz CT molecular complexity index is 303. The van der Waals surface area contributed by atoms with Gasteiger partial charge in [0.15, 0.2) is 5.82 Å². The Morgan fingerprint density at radius 1 is 1.50 bits per heavy atom. The minimum atomic E-state index is -2.77. The molecule has 0 bridgehead atoms. The second-order valence-corrected chi connectivity index (χ2v) is 3.11. The van der Waals surface area contributed by atoms with Crippen molar-refractivity contribution in [3.63, 3.8) is 0 Å². The fourth-order valence-corrected chi connectivity index (χ4v) is 1.33. The van der Waals surface area contributed by atoms with Crippen LogP contribution in [0.5, 0.6) is 0 Å². The zero-order valence-electron chi connectivity index (χ0n) is 5.69. The number of anilines is 1. The summed E-state index contributed by atoms with van der Waals surface area (Å²) in [6.45, 7) is 0. The third-order valence-electron chi connectivity index (χ3n) is 1.22. The maximum Gasteiger partial charge on any atom is 0.281 e. The third-order valence-corrected chi connectivity index (χ3v) is 2.25. The van der Waals surface area contributed by atoms with Crippen LogP contribution >= 0.6 is 22.6 Å². The van der Waals surface area contributed by atoms with E-state index in [1.54, 1.807) is 0 Å². The lowest BCUT2D eigenvalue weighted by Gasteiger charge is -2.04. The largest absolute Gasteiger partial charge is 0.395 e. The van der Waals surface area contributed by atoms with E-state index >= 15 is 0 Å². The molecule has 0 aliphatic rings. The number of hydrogen-bond acceptors (Lipinski definition) is 2. The van der Waals surface area contributed by atoms with Crippen molar-refractivity contribution >= 4 is 28.3 Å². The van der Waals surface area contributed by atoms with E-state index in [-0.39, 0.29) is 9.26 Å². The maximum absolute atomic E-state index is 12.8. The monoisotopic (exact) mass is 288 g/mol. The molecule has 1 aromatic rings. The molecule has 0 fully saturated rings. The Labute approximate surface area is 80.1 Å². The van der Waals surface area contributed by atoms with Crippen LogP contribution in [0.3, 0.4) is 0 Å². The number of aromatic nitrogens is 1. The molecule has 0 aliphatic carbocycles. The molecule has 0 saturated heterocycles. The molecular formula is C6H4F3IN2. The van der Waals surface area contributed by atoms with Gasteiger partial charge in [0, 0.05) is 0 Å². The van der Waals surface area contributed by atoms with E-state index in [9.17, 15) is 13.2 Å². The predicted molar refractivity (Wildman–Crippen MR) is 46.3 cm³/mol. The summed E-state index contributed by atoms with van der Waals surface area (Å²) < 4.78 is 36.8. The average Bonchev–Trinajstić information content (AvgIpc) is 2.00. The molecule has 1 heterocycles. The van der Waals surface area contributed by atoms with E-state index < -0.39 is 17.9 Å². The zero-order valence-corrected chi connectivity index (χ0v) is 7.85. The lowest BCUT2D eigenvalue weighted by atomic mass is 10.3. The summed E-state index contributed by atoms with van der Waals surface area (Å²) in [4.78, 5) is 3.32. The van der Waals surface area contributed by atoms with Crippen LogP contribution in [0.2, 0.25) is 0 Å². The number of hydrogen-bond donors (Lipinski definition) is 1. The number of pyridine rings is 1. The van der Waals surface area contributed by atoms with Crippen LogP contribution in [0.25, 0.3) is 0 Å². The Morgan fingerprint density at radius 3 is 2.58 bits per heavy atom. The van der Waals surface area contributed by atoms with Gasteiger partial charge in [0.05, 0.1) is 15.5 Å². The number of alkyl halides is 2. The van der Waals surface area contributed by atoms with E-state index in [1.165, 1.54) is 22.6 Å². The molecule has 12 heavy (non-hydrogen) atoms. The second kappa shape index (κ2) is 3.46. The molecule has 1 rings (SSSR count). The van der Waals surface area contributed by atoms with E-state index in [0.29, 0.717) is 0 Å². The van der Waals surface area contributed by atoms with Gasteiger partial charge >= 0.3 is 0 Å². The Kier molecular flexibility index (Phi) is 2.76. The smallest absolute Gasteiger partial charge is 0.281 e. The van der Waals surface area contributed by atoms with Gasteiger partial charge in [-0.25, -0.2) is 13.2 Å². The highest BCUT2D eigenvalue weighted by Gasteiger charge is 2.17. The molecule has 6 heteroatoms. The van der Waals surface area contributed by atoms with Gasteiger partial charge in [0.25, 0.3) is 6.43 Å². The number of nitrogens with zero attached hydrogens (tertiary/aromatic N) is 1. The van der Waals surface area contributed by atoms with Gasteiger partial charge in [-0.2, -0.15) is 0 Å². The molecule has 2 nitrogen and oxygen atoms in total. The Balaban J connectivity index is 3.27. The van der Waals surface area contributed by atoms with Crippen LogP contribution in [0.1, 0.15) is 12.1 Å². The van der Waals surface area contributed by atoms with Crippen LogP contribution < -0.4 is 5.73 Å². The van der Waals surface area contributed by atoms with Gasteiger partial charge < -0.3 is 5.73 Å². The summed E-state index contributed by atoms with van der Waals surface area (Å²) in [6, 6.07) is 0. The minimum Gasteiger partial charge on any atom is -0.395 e. The van der Waals surface area contributed by atoms with Crippen molar-refractivity contribution in [1.29, 1.82) is 0 Å². The summed E-state index contributed by atoms with van der Waals surface area (Å²) >= 11 is 1.45. The first kappa shape index (κ1) is 9.56. The molecule has 0 unspecified atom stereocenters. The standard InChI is InChI=1S/C6H4F3IN2/c7-3-2(11)1-12-5(4(3)10)6(8)9/h1,6H,11H2. The zero-order chi connectivity index (χ0) is 9.30. The quantitative estimate of drug-likeness (QED) is 0.806. The molecule has 2 N–H and O–H groups in total. The van der Waals surface area contributed by atoms with E-state index in [1.807, 2.05) is 0 Å². The van der Waals surface area contributed by atoms with Crippen molar-refractivity contribution < 1.29 is 13.2 Å². The molecule has 0 saturated carbocycles. The van der Waals surface area contributed by atoms with Crippen LogP contribution in [-0.2, 0) is 0 Å². The van der Waals surface area contributed by atoms with Crippen molar-refractivity contribution in [3.8, 4) is 0 Å². The maximum atomic E-state index is 12.8. The number of nitrogens with two attached hydrogens (primary N) is 1. The fourth-order valence-electron chi connectivity index (χ4n) is 0.644. The first-order valence-electron chi connectivity index (χ1n) is 2.91. The molecule has 66 valence electrons. The highest BCUT2D eigenvalue weighted by Crippen LogP contribution is 2.26. The molecule has 1 aromatic heterocycles. The summed E-state index contributed by atoms with van der Waals surface area (Å²) in [5.74, 6) is -0.832. The summed E-state index contributed by atoms with van der Waals surface area (Å²) in [6.07, 6.45) is -1.88. The van der Waals surface area contributed by atoms with Crippen molar-refractivity contribution in [1.82, 2.24) is 4.98 Å². The van der Waals surface area contributed by atoms with Gasteiger partial charge in [-0.05, 0) is 22.6 Å². The molecule has 0 atom stereocenters. The first-order valence-corrected chi connectivity index (χ1v) is 3.99. The normalized spacial score (nSPS) is 10.8. The van der Waals surface area contributed by atoms with Crippen molar-refractivity contribution in [3.05, 3.63) is 21.3 Å². The number of rotatable bonds is 1. The van der Waals surface area contributed by atoms with Crippen LogP contribution in [0.4, 0.5) is 18.9 Å². The Morgan fingerprint density at radius 2 is 2.08 bits per heavy atom. The number of halogens is 4. The van der Waals surface area contributed by atoms with E-state index in [2.05, 4.69) is 4.98 Å². The van der Waals surface area contributed by atoms with Gasteiger partial charge in [-0.1, -0.05) is 0 Å². The van der Waals surface area contributed by atoms with E-state index in [0.717, 1.165) is 6.20 Å². The van der Waals surface area contributed by atoms with Crippen molar-refractivity contribution in [2.75, 3.05) is 5.73 Å². The Hall–Kier alpha value is -0.530. The third kappa shape index (κ3) is 1.62. The summed E-state index contributed by atoms with van der Waals surface area (Å²) in [5, 5.41) is 0. The lowest BCUT2D eigenvalue weighted by Crippen LogP contribution is -2.01. The molecule has 0 aliphatic heterocycles. The molecule has 0 aromatic carbocycles. The molecule has 0 amide bonds. The highest BCUT2D eigenvalue weighted by molar-refractivity contribution is 14.1. The van der Waals surface area contributed by atoms with Crippen LogP contribution in [0.15, 0.2) is 6.20 Å². The van der Waals surface area contributed by atoms with Gasteiger partial charge in [0.1, 0.15) is 5.69 Å². The van der Waals surface area contributed by atoms with Crippen LogP contribution in [-0.4, -0.2) is 4.98 Å². The average molecular weight is 288 g/mol. The van der Waals surface area contributed by atoms with Crippen molar-refractivity contribution in [2.45, 2.75) is 6.43 Å². The minimum absolute atomic E-state index is 0.219. The number of nitrogen functional groups attached to an aromatic ring is 1. The first-order chi connectivity index (χ1) is 5.54. The molecule has 0 spiro atoms. The van der Waals surface area contributed by atoms with Gasteiger partial charge in [0.2, 0.25) is 0 Å². The summed E-state index contributed by atoms with van der Waals surface area (Å²) in [5.41, 5.74) is 4.32. The predicted octanol–water partition coefficient (Wildman–Crippen LogP) is 2.35.